The molecule has 3 heterocycles. The summed E-state index contributed by atoms with van der Waals surface area (Å²) < 4.78 is 17.1. The summed E-state index contributed by atoms with van der Waals surface area (Å²) in [6.45, 7) is 7.29. The van der Waals surface area contributed by atoms with Crippen LogP contribution in [0.2, 0.25) is 0 Å². The highest BCUT2D eigenvalue weighted by Crippen LogP contribution is 2.31. The van der Waals surface area contributed by atoms with Crippen LogP contribution < -0.4 is 5.32 Å². The van der Waals surface area contributed by atoms with Gasteiger partial charge in [0.2, 0.25) is 0 Å². The van der Waals surface area contributed by atoms with Crippen LogP contribution in [0.4, 0.5) is 4.39 Å². The van der Waals surface area contributed by atoms with E-state index in [1.807, 2.05) is 62.8 Å². The Bertz CT molecular complexity index is 1340. The third-order valence-electron chi connectivity index (χ3n) is 6.68. The summed E-state index contributed by atoms with van der Waals surface area (Å²) in [6.07, 6.45) is 9.10. The number of benzene rings is 1. The van der Waals surface area contributed by atoms with Crippen molar-refractivity contribution in [3.63, 3.8) is 0 Å². The van der Waals surface area contributed by atoms with E-state index in [4.69, 9.17) is 10.4 Å². The molecule has 1 fully saturated rings. The molecule has 0 unspecified atom stereocenters. The van der Waals surface area contributed by atoms with Crippen molar-refractivity contribution in [2.24, 2.45) is 12.0 Å². The number of aromatic nitrogens is 3. The molecule has 0 radical (unpaired) electrons. The summed E-state index contributed by atoms with van der Waals surface area (Å²) in [7, 11) is 3.61. The molecule has 1 saturated heterocycles. The lowest BCUT2D eigenvalue weighted by Crippen LogP contribution is -2.38. The average molecular weight is 499 g/mol. The predicted molar refractivity (Wildman–Crippen MR) is 151 cm³/mol. The number of hydrogen-bond acceptors (Lipinski definition) is 5. The lowest BCUT2D eigenvalue weighted by molar-refractivity contribution is 0.107. The largest absolute Gasteiger partial charge is 0.316 e. The highest BCUT2D eigenvalue weighted by atomic mass is 19.1. The van der Waals surface area contributed by atoms with Crippen LogP contribution in [-0.4, -0.2) is 52.5 Å². The summed E-state index contributed by atoms with van der Waals surface area (Å²) in [5.74, 6) is 0. The SMILES string of the molecule is C=C(C)/C=C(\C=NC)c1ccc(-c2cccc(-c3cnn(C)c3)c2)nc1C(=N)CCC1(F)CCNCC1. The Morgan fingerprint density at radius 1 is 1.22 bits per heavy atom. The molecule has 1 aromatic carbocycles. The van der Waals surface area contributed by atoms with E-state index in [9.17, 15) is 0 Å². The molecule has 0 bridgehead atoms. The lowest BCUT2D eigenvalue weighted by atomic mass is 9.87. The zero-order valence-corrected chi connectivity index (χ0v) is 21.9. The van der Waals surface area contributed by atoms with Gasteiger partial charge in [-0.05, 0) is 69.5 Å². The number of nitrogens with zero attached hydrogens (tertiary/aromatic N) is 4. The fourth-order valence-corrected chi connectivity index (χ4v) is 4.69. The number of hydrogen-bond donors (Lipinski definition) is 2. The number of piperidine rings is 1. The second-order valence-corrected chi connectivity index (χ2v) is 9.79. The van der Waals surface area contributed by atoms with Gasteiger partial charge in [-0.15, -0.1) is 0 Å². The van der Waals surface area contributed by atoms with Crippen molar-refractivity contribution in [1.82, 2.24) is 20.1 Å². The van der Waals surface area contributed by atoms with E-state index >= 15 is 4.39 Å². The summed E-state index contributed by atoms with van der Waals surface area (Å²) in [5, 5.41) is 16.5. The van der Waals surface area contributed by atoms with Crippen molar-refractivity contribution < 1.29 is 4.39 Å². The molecule has 0 aliphatic carbocycles. The molecule has 192 valence electrons. The number of aryl methyl sites for hydroxylation is 1. The molecule has 0 atom stereocenters. The molecule has 0 spiro atoms. The minimum absolute atomic E-state index is 0.316. The Balaban J connectivity index is 1.73. The first kappa shape index (κ1) is 26.4. The summed E-state index contributed by atoms with van der Waals surface area (Å²) >= 11 is 0. The average Bonchev–Trinajstić information content (AvgIpc) is 3.33. The van der Waals surface area contributed by atoms with Gasteiger partial charge in [-0.2, -0.15) is 5.10 Å². The first-order chi connectivity index (χ1) is 17.8. The fourth-order valence-electron chi connectivity index (χ4n) is 4.69. The molecule has 37 heavy (non-hydrogen) atoms. The number of pyridine rings is 1. The van der Waals surface area contributed by atoms with Gasteiger partial charge in [-0.3, -0.25) is 9.67 Å². The van der Waals surface area contributed by atoms with Crippen molar-refractivity contribution >= 4 is 17.5 Å². The monoisotopic (exact) mass is 498 g/mol. The maximum absolute atomic E-state index is 15.3. The van der Waals surface area contributed by atoms with Gasteiger partial charge < -0.3 is 10.7 Å². The second-order valence-electron chi connectivity index (χ2n) is 9.79. The van der Waals surface area contributed by atoms with Crippen LogP contribution in [-0.2, 0) is 7.05 Å². The standard InChI is InChI=1S/C30H35FN6/c1-21(2)16-24(18-33-3)26-8-9-28(23-7-5-6-22(17-23)25-19-35-37(4)20-25)36-29(26)27(32)10-11-30(31)12-14-34-15-13-30/h5-9,16-20,32,34H,1,10-15H2,2-4H3/b24-16+,32-27?,33-18?. The summed E-state index contributed by atoms with van der Waals surface area (Å²) in [5.41, 5.74) is 5.90. The molecular weight excluding hydrogens is 463 g/mol. The van der Waals surface area contributed by atoms with Gasteiger partial charge in [0.15, 0.2) is 0 Å². The molecule has 2 N–H and O–H groups in total. The van der Waals surface area contributed by atoms with Gasteiger partial charge in [0.05, 0.1) is 23.3 Å². The first-order valence-electron chi connectivity index (χ1n) is 12.7. The van der Waals surface area contributed by atoms with E-state index in [-0.39, 0.29) is 0 Å². The number of halogens is 1. The zero-order valence-electron chi connectivity index (χ0n) is 21.9. The third kappa shape index (κ3) is 6.54. The smallest absolute Gasteiger partial charge is 0.113 e. The highest BCUT2D eigenvalue weighted by Gasteiger charge is 2.32. The first-order valence-corrected chi connectivity index (χ1v) is 12.7. The Morgan fingerprint density at radius 3 is 2.65 bits per heavy atom. The Morgan fingerprint density at radius 2 is 1.97 bits per heavy atom. The second kappa shape index (κ2) is 11.6. The number of rotatable bonds is 9. The maximum Gasteiger partial charge on any atom is 0.113 e. The number of alkyl halides is 1. The van der Waals surface area contributed by atoms with Gasteiger partial charge in [0.25, 0.3) is 0 Å². The van der Waals surface area contributed by atoms with Crippen molar-refractivity contribution in [1.29, 1.82) is 5.41 Å². The normalized spacial score (nSPS) is 15.7. The minimum atomic E-state index is -1.24. The van der Waals surface area contributed by atoms with Gasteiger partial charge in [-0.25, -0.2) is 9.37 Å². The molecule has 2 aromatic heterocycles. The minimum Gasteiger partial charge on any atom is -0.316 e. The molecule has 1 aliphatic rings. The third-order valence-corrected chi connectivity index (χ3v) is 6.68. The maximum atomic E-state index is 15.3. The molecule has 0 saturated carbocycles. The van der Waals surface area contributed by atoms with Crippen LogP contribution in [0.25, 0.3) is 28.0 Å². The lowest BCUT2D eigenvalue weighted by Gasteiger charge is -2.30. The van der Waals surface area contributed by atoms with E-state index in [0.717, 1.165) is 39.1 Å². The molecule has 7 heteroatoms. The van der Waals surface area contributed by atoms with Gasteiger partial charge in [0, 0.05) is 48.8 Å². The fraction of sp³-hybridized carbons (Fsp3) is 0.333. The van der Waals surface area contributed by atoms with Crippen LogP contribution in [0, 0.1) is 5.41 Å². The molecule has 6 nitrogen and oxygen atoms in total. The molecule has 0 amide bonds. The van der Waals surface area contributed by atoms with E-state index in [2.05, 4.69) is 28.1 Å². The van der Waals surface area contributed by atoms with Crippen LogP contribution in [0.3, 0.4) is 0 Å². The van der Waals surface area contributed by atoms with Crippen molar-refractivity contribution in [2.75, 3.05) is 20.1 Å². The number of nitrogens with one attached hydrogen (secondary N) is 2. The Labute approximate surface area is 218 Å². The van der Waals surface area contributed by atoms with Gasteiger partial charge in [-0.1, -0.05) is 36.4 Å². The van der Waals surface area contributed by atoms with Gasteiger partial charge in [0.1, 0.15) is 5.67 Å². The van der Waals surface area contributed by atoms with E-state index < -0.39 is 5.67 Å². The molecule has 4 rings (SSSR count). The summed E-state index contributed by atoms with van der Waals surface area (Å²) in [4.78, 5) is 9.18. The van der Waals surface area contributed by atoms with Gasteiger partial charge >= 0.3 is 0 Å². The van der Waals surface area contributed by atoms with Crippen LogP contribution in [0.1, 0.15) is 43.9 Å². The van der Waals surface area contributed by atoms with Crippen molar-refractivity contribution in [2.45, 2.75) is 38.3 Å². The number of allylic oxidation sites excluding steroid dienone is 3. The van der Waals surface area contributed by atoms with Crippen LogP contribution in [0.5, 0.6) is 0 Å². The molecular formula is C30H35FN6. The van der Waals surface area contributed by atoms with E-state index in [0.29, 0.717) is 50.2 Å². The zero-order chi connectivity index (χ0) is 26.4. The van der Waals surface area contributed by atoms with E-state index in [1.165, 1.54) is 0 Å². The van der Waals surface area contributed by atoms with Crippen LogP contribution in [0.15, 0.2) is 72.0 Å². The van der Waals surface area contributed by atoms with Crippen molar-refractivity contribution in [3.05, 3.63) is 78.3 Å². The number of aliphatic imine (C=N–C) groups is 1. The predicted octanol–water partition coefficient (Wildman–Crippen LogP) is 6.05. The molecule has 1 aliphatic heterocycles. The topological polar surface area (TPSA) is 79.0 Å². The molecule has 3 aromatic rings. The van der Waals surface area contributed by atoms with E-state index in [1.54, 1.807) is 17.9 Å². The quantitative estimate of drug-likeness (QED) is 0.278. The summed E-state index contributed by atoms with van der Waals surface area (Å²) in [6, 6.07) is 12.1. The highest BCUT2D eigenvalue weighted by molar-refractivity contribution is 6.15. The Hall–Kier alpha value is -3.71. The van der Waals surface area contributed by atoms with Crippen LogP contribution >= 0.6 is 0 Å². The Kier molecular flexibility index (Phi) is 8.24. The van der Waals surface area contributed by atoms with Crippen molar-refractivity contribution in [3.8, 4) is 22.4 Å².